The number of carbonyl (C=O) groups excluding carboxylic acids is 1. The molecule has 1 amide bonds. The summed E-state index contributed by atoms with van der Waals surface area (Å²) in [7, 11) is 0. The molecule has 0 aliphatic carbocycles. The van der Waals surface area contributed by atoms with Crippen molar-refractivity contribution < 1.29 is 9.53 Å². The van der Waals surface area contributed by atoms with Gasteiger partial charge in [0.2, 0.25) is 5.91 Å². The van der Waals surface area contributed by atoms with E-state index in [0.29, 0.717) is 35.8 Å². The Kier molecular flexibility index (Phi) is 7.30. The smallest absolute Gasteiger partial charge is 0.224 e. The first-order valence-corrected chi connectivity index (χ1v) is 6.94. The van der Waals surface area contributed by atoms with Crippen LogP contribution < -0.4 is 11.1 Å². The van der Waals surface area contributed by atoms with Gasteiger partial charge in [-0.3, -0.25) is 4.79 Å². The highest BCUT2D eigenvalue weighted by atomic mass is 35.5. The number of nitrogens with two attached hydrogens (primary N) is 1. The number of amides is 1. The molecule has 1 aromatic rings. The fraction of sp³-hybridized carbons (Fsp3) is 0.500. The molecule has 1 rings (SSSR count). The molecular formula is C14H21ClN2O2. The van der Waals surface area contributed by atoms with Gasteiger partial charge in [0.05, 0.1) is 11.4 Å². The Morgan fingerprint density at radius 2 is 2.11 bits per heavy atom. The van der Waals surface area contributed by atoms with Gasteiger partial charge in [0.25, 0.3) is 0 Å². The number of benzene rings is 1. The highest BCUT2D eigenvalue weighted by Gasteiger charge is 2.05. The maximum Gasteiger partial charge on any atom is 0.224 e. The van der Waals surface area contributed by atoms with E-state index in [-0.39, 0.29) is 5.91 Å². The minimum atomic E-state index is -0.0619. The second kappa shape index (κ2) is 8.77. The molecule has 3 N–H and O–H groups in total. The molecule has 0 saturated carbocycles. The molecule has 1 aromatic carbocycles. The maximum atomic E-state index is 11.7. The fourth-order valence-corrected chi connectivity index (χ4v) is 1.72. The first-order chi connectivity index (χ1) is 9.13. The van der Waals surface area contributed by atoms with Gasteiger partial charge in [0.1, 0.15) is 0 Å². The van der Waals surface area contributed by atoms with E-state index in [1.54, 1.807) is 18.2 Å². The summed E-state index contributed by atoms with van der Waals surface area (Å²) < 4.78 is 5.39. The lowest BCUT2D eigenvalue weighted by molar-refractivity contribution is -0.116. The lowest BCUT2D eigenvalue weighted by Gasteiger charge is -2.08. The number of nitrogens with one attached hydrogen (secondary N) is 1. The third kappa shape index (κ3) is 6.45. The van der Waals surface area contributed by atoms with Gasteiger partial charge in [-0.25, -0.2) is 0 Å². The molecular weight excluding hydrogens is 264 g/mol. The SMILES string of the molecule is CCCCOCCCC(=O)Nc1ccc(Cl)cc1N. The van der Waals surface area contributed by atoms with Crippen LogP contribution in [0.4, 0.5) is 11.4 Å². The number of anilines is 2. The van der Waals surface area contributed by atoms with Crippen molar-refractivity contribution in [3.05, 3.63) is 23.2 Å². The minimum absolute atomic E-state index is 0.0619. The number of ether oxygens (including phenoxy) is 1. The van der Waals surface area contributed by atoms with Crippen LogP contribution in [0.1, 0.15) is 32.6 Å². The molecule has 0 spiro atoms. The molecule has 106 valence electrons. The van der Waals surface area contributed by atoms with Crippen LogP contribution in [0.25, 0.3) is 0 Å². The van der Waals surface area contributed by atoms with Gasteiger partial charge in [-0.2, -0.15) is 0 Å². The first kappa shape index (κ1) is 15.8. The average Bonchev–Trinajstić information content (AvgIpc) is 2.37. The molecule has 0 saturated heterocycles. The number of halogens is 1. The van der Waals surface area contributed by atoms with E-state index in [9.17, 15) is 4.79 Å². The number of nitrogen functional groups attached to an aromatic ring is 1. The van der Waals surface area contributed by atoms with E-state index in [0.717, 1.165) is 19.4 Å². The molecule has 0 aliphatic heterocycles. The van der Waals surface area contributed by atoms with E-state index in [4.69, 9.17) is 22.1 Å². The summed E-state index contributed by atoms with van der Waals surface area (Å²) in [5, 5.41) is 3.32. The molecule has 0 aliphatic rings. The quantitative estimate of drug-likeness (QED) is 0.567. The first-order valence-electron chi connectivity index (χ1n) is 6.56. The van der Waals surface area contributed by atoms with Crippen molar-refractivity contribution in [1.29, 1.82) is 0 Å². The van der Waals surface area contributed by atoms with Gasteiger partial charge >= 0.3 is 0 Å². The van der Waals surface area contributed by atoms with E-state index in [2.05, 4.69) is 12.2 Å². The van der Waals surface area contributed by atoms with Gasteiger partial charge in [-0.1, -0.05) is 24.9 Å². The second-order valence-corrected chi connectivity index (χ2v) is 4.79. The molecule has 0 fully saturated rings. The van der Waals surface area contributed by atoms with Crippen molar-refractivity contribution >= 4 is 28.9 Å². The minimum Gasteiger partial charge on any atom is -0.397 e. The number of carbonyl (C=O) groups is 1. The summed E-state index contributed by atoms with van der Waals surface area (Å²) >= 11 is 5.79. The van der Waals surface area contributed by atoms with Gasteiger partial charge in [-0.05, 0) is 31.0 Å². The summed E-state index contributed by atoms with van der Waals surface area (Å²) in [6.45, 7) is 3.50. The topological polar surface area (TPSA) is 64.3 Å². The van der Waals surface area contributed by atoms with Gasteiger partial charge in [-0.15, -0.1) is 0 Å². The van der Waals surface area contributed by atoms with Crippen LogP contribution in [0, 0.1) is 0 Å². The highest BCUT2D eigenvalue weighted by Crippen LogP contribution is 2.22. The molecule has 0 unspecified atom stereocenters. The van der Waals surface area contributed by atoms with E-state index < -0.39 is 0 Å². The Balaban J connectivity index is 2.23. The zero-order valence-corrected chi connectivity index (χ0v) is 12.0. The van der Waals surface area contributed by atoms with Crippen molar-refractivity contribution in [2.24, 2.45) is 0 Å². The van der Waals surface area contributed by atoms with Gasteiger partial charge in [0.15, 0.2) is 0 Å². The molecule has 5 heteroatoms. The predicted octanol–water partition coefficient (Wildman–Crippen LogP) is 3.46. The van der Waals surface area contributed by atoms with Crippen LogP contribution >= 0.6 is 11.6 Å². The largest absolute Gasteiger partial charge is 0.397 e. The van der Waals surface area contributed by atoms with E-state index in [1.807, 2.05) is 0 Å². The van der Waals surface area contributed by atoms with Crippen molar-refractivity contribution in [2.75, 3.05) is 24.3 Å². The second-order valence-electron chi connectivity index (χ2n) is 4.35. The molecule has 19 heavy (non-hydrogen) atoms. The van der Waals surface area contributed by atoms with Gasteiger partial charge in [0, 0.05) is 24.7 Å². The summed E-state index contributed by atoms with van der Waals surface area (Å²) in [4.78, 5) is 11.7. The van der Waals surface area contributed by atoms with Crippen molar-refractivity contribution in [3.8, 4) is 0 Å². The highest BCUT2D eigenvalue weighted by molar-refractivity contribution is 6.31. The number of rotatable bonds is 8. The summed E-state index contributed by atoms with van der Waals surface area (Å²) in [5.41, 5.74) is 6.83. The Hall–Kier alpha value is -1.26. The molecule has 4 nitrogen and oxygen atoms in total. The van der Waals surface area contributed by atoms with E-state index in [1.165, 1.54) is 0 Å². The Morgan fingerprint density at radius 3 is 2.79 bits per heavy atom. The van der Waals surface area contributed by atoms with Gasteiger partial charge < -0.3 is 15.8 Å². The van der Waals surface area contributed by atoms with Crippen LogP contribution in [0.2, 0.25) is 5.02 Å². The van der Waals surface area contributed by atoms with Crippen LogP contribution in [-0.2, 0) is 9.53 Å². The fourth-order valence-electron chi connectivity index (χ4n) is 1.54. The summed E-state index contributed by atoms with van der Waals surface area (Å²) in [6, 6.07) is 5.01. The Labute approximate surface area is 119 Å². The lowest BCUT2D eigenvalue weighted by atomic mass is 10.2. The van der Waals surface area contributed by atoms with Crippen molar-refractivity contribution in [3.63, 3.8) is 0 Å². The van der Waals surface area contributed by atoms with Crippen LogP contribution in [0.3, 0.4) is 0 Å². The average molecular weight is 285 g/mol. The predicted molar refractivity (Wildman–Crippen MR) is 79.5 cm³/mol. The summed E-state index contributed by atoms with van der Waals surface area (Å²) in [6.07, 6.45) is 3.32. The van der Waals surface area contributed by atoms with E-state index >= 15 is 0 Å². The standard InChI is InChI=1S/C14H21ClN2O2/c1-2-3-8-19-9-4-5-14(18)17-13-7-6-11(15)10-12(13)16/h6-7,10H,2-5,8-9,16H2,1H3,(H,17,18). The zero-order chi connectivity index (χ0) is 14.1. The lowest BCUT2D eigenvalue weighted by Crippen LogP contribution is -2.13. The van der Waals surface area contributed by atoms with Crippen LogP contribution in [0.15, 0.2) is 18.2 Å². The van der Waals surface area contributed by atoms with Crippen molar-refractivity contribution in [2.45, 2.75) is 32.6 Å². The third-order valence-electron chi connectivity index (χ3n) is 2.62. The maximum absolute atomic E-state index is 11.7. The molecule has 0 aromatic heterocycles. The monoisotopic (exact) mass is 284 g/mol. The molecule has 0 bridgehead atoms. The Bertz CT molecular complexity index is 410. The normalized spacial score (nSPS) is 10.4. The zero-order valence-electron chi connectivity index (χ0n) is 11.2. The third-order valence-corrected chi connectivity index (χ3v) is 2.86. The Morgan fingerprint density at radius 1 is 1.37 bits per heavy atom. The summed E-state index contributed by atoms with van der Waals surface area (Å²) in [5.74, 6) is -0.0619. The molecule has 0 atom stereocenters. The number of unbranched alkanes of at least 4 members (excludes halogenated alkanes) is 1. The van der Waals surface area contributed by atoms with Crippen LogP contribution in [-0.4, -0.2) is 19.1 Å². The number of hydrogen-bond donors (Lipinski definition) is 2. The van der Waals surface area contributed by atoms with Crippen molar-refractivity contribution in [1.82, 2.24) is 0 Å². The molecule has 0 heterocycles. The number of hydrogen-bond acceptors (Lipinski definition) is 3. The van der Waals surface area contributed by atoms with Crippen LogP contribution in [0.5, 0.6) is 0 Å². The molecule has 0 radical (unpaired) electrons.